The van der Waals surface area contributed by atoms with Crippen molar-refractivity contribution in [2.45, 2.75) is 6.92 Å². The summed E-state index contributed by atoms with van der Waals surface area (Å²) < 4.78 is 11.6. The van der Waals surface area contributed by atoms with Gasteiger partial charge in [0, 0.05) is 6.07 Å². The summed E-state index contributed by atoms with van der Waals surface area (Å²) in [5, 5.41) is 0. The van der Waals surface area contributed by atoms with Gasteiger partial charge in [-0.05, 0) is 41.6 Å². The van der Waals surface area contributed by atoms with Crippen LogP contribution in [0.3, 0.4) is 0 Å². The molecule has 1 rings (SSSR count). The third kappa shape index (κ3) is 2.27. The molecule has 3 heteroatoms. The van der Waals surface area contributed by atoms with E-state index in [4.69, 9.17) is 9.47 Å². The molecular formula is C9H11IO2. The van der Waals surface area contributed by atoms with E-state index in [9.17, 15) is 0 Å². The lowest BCUT2D eigenvalue weighted by molar-refractivity contribution is 0.334. The smallest absolute Gasteiger partial charge is 0.136 e. The van der Waals surface area contributed by atoms with Gasteiger partial charge in [-0.2, -0.15) is 0 Å². The van der Waals surface area contributed by atoms with Gasteiger partial charge in [-0.15, -0.1) is 0 Å². The predicted octanol–water partition coefficient (Wildman–Crippen LogP) is 2.70. The third-order valence-corrected chi connectivity index (χ3v) is 2.33. The normalized spacial score (nSPS) is 9.58. The molecule has 0 amide bonds. The van der Waals surface area contributed by atoms with Gasteiger partial charge in [-0.25, -0.2) is 0 Å². The minimum absolute atomic E-state index is 0.684. The maximum absolute atomic E-state index is 5.39. The van der Waals surface area contributed by atoms with Gasteiger partial charge >= 0.3 is 0 Å². The first kappa shape index (κ1) is 9.64. The molecule has 0 unspecified atom stereocenters. The summed E-state index contributed by atoms with van der Waals surface area (Å²) in [5.41, 5.74) is 0. The molecule has 66 valence electrons. The van der Waals surface area contributed by atoms with Crippen molar-refractivity contribution >= 4 is 22.6 Å². The number of methoxy groups -OCH3 is 1. The van der Waals surface area contributed by atoms with Crippen LogP contribution in [0.1, 0.15) is 6.92 Å². The van der Waals surface area contributed by atoms with Gasteiger partial charge in [0.2, 0.25) is 0 Å². The van der Waals surface area contributed by atoms with Crippen molar-refractivity contribution in [3.63, 3.8) is 0 Å². The van der Waals surface area contributed by atoms with E-state index in [0.717, 1.165) is 15.1 Å². The van der Waals surface area contributed by atoms with Crippen molar-refractivity contribution in [3.8, 4) is 11.5 Å². The largest absolute Gasteiger partial charge is 0.497 e. The molecule has 0 bridgehead atoms. The Kier molecular flexibility index (Phi) is 3.65. The lowest BCUT2D eigenvalue weighted by Gasteiger charge is -2.07. The van der Waals surface area contributed by atoms with Crippen LogP contribution in [-0.2, 0) is 0 Å². The second-order valence-electron chi connectivity index (χ2n) is 2.23. The summed E-state index contributed by atoms with van der Waals surface area (Å²) in [5.74, 6) is 1.72. The molecule has 0 radical (unpaired) electrons. The van der Waals surface area contributed by atoms with Crippen molar-refractivity contribution in [2.75, 3.05) is 13.7 Å². The summed E-state index contributed by atoms with van der Waals surface area (Å²) in [4.78, 5) is 0. The average molecular weight is 278 g/mol. The summed E-state index contributed by atoms with van der Waals surface area (Å²) in [6, 6.07) is 5.79. The van der Waals surface area contributed by atoms with Gasteiger partial charge in [0.1, 0.15) is 11.5 Å². The second-order valence-corrected chi connectivity index (χ2v) is 3.39. The Balaban J connectivity index is 2.91. The highest BCUT2D eigenvalue weighted by Crippen LogP contribution is 2.25. The number of rotatable bonds is 3. The molecule has 2 nitrogen and oxygen atoms in total. The topological polar surface area (TPSA) is 18.5 Å². The Morgan fingerprint density at radius 3 is 2.75 bits per heavy atom. The zero-order valence-electron chi connectivity index (χ0n) is 7.13. The van der Waals surface area contributed by atoms with Crippen molar-refractivity contribution in [3.05, 3.63) is 21.8 Å². The van der Waals surface area contributed by atoms with Crippen LogP contribution in [0.25, 0.3) is 0 Å². The van der Waals surface area contributed by atoms with Crippen molar-refractivity contribution in [2.24, 2.45) is 0 Å². The molecule has 0 fully saturated rings. The molecule has 0 aliphatic heterocycles. The molecule has 0 aliphatic rings. The van der Waals surface area contributed by atoms with Crippen LogP contribution in [0, 0.1) is 3.57 Å². The van der Waals surface area contributed by atoms with E-state index in [1.165, 1.54) is 0 Å². The van der Waals surface area contributed by atoms with Gasteiger partial charge in [0.25, 0.3) is 0 Å². The van der Waals surface area contributed by atoms with Gasteiger partial charge in [-0.3, -0.25) is 0 Å². The molecule has 0 N–H and O–H groups in total. The summed E-state index contributed by atoms with van der Waals surface area (Å²) >= 11 is 2.24. The number of hydrogen-bond acceptors (Lipinski definition) is 2. The van der Waals surface area contributed by atoms with Crippen LogP contribution in [0.4, 0.5) is 0 Å². The Morgan fingerprint density at radius 1 is 1.42 bits per heavy atom. The molecule has 0 atom stereocenters. The Hall–Kier alpha value is -0.450. The van der Waals surface area contributed by atoms with Gasteiger partial charge in [0.05, 0.1) is 17.3 Å². The lowest BCUT2D eigenvalue weighted by atomic mass is 10.3. The monoisotopic (exact) mass is 278 g/mol. The first-order chi connectivity index (χ1) is 5.77. The van der Waals surface area contributed by atoms with E-state index >= 15 is 0 Å². The highest BCUT2D eigenvalue weighted by molar-refractivity contribution is 14.1. The van der Waals surface area contributed by atoms with E-state index in [1.807, 2.05) is 25.1 Å². The highest BCUT2D eigenvalue weighted by Gasteiger charge is 2.01. The minimum Gasteiger partial charge on any atom is -0.497 e. The van der Waals surface area contributed by atoms with Gasteiger partial charge in [0.15, 0.2) is 0 Å². The van der Waals surface area contributed by atoms with Crippen LogP contribution < -0.4 is 9.47 Å². The van der Waals surface area contributed by atoms with Gasteiger partial charge < -0.3 is 9.47 Å². The highest BCUT2D eigenvalue weighted by atomic mass is 127. The van der Waals surface area contributed by atoms with E-state index in [2.05, 4.69) is 22.6 Å². The summed E-state index contributed by atoms with van der Waals surface area (Å²) in [7, 11) is 1.65. The standard InChI is InChI=1S/C9H11IO2/c1-3-12-9-6-7(11-2)4-5-8(9)10/h4-6H,3H2,1-2H3. The van der Waals surface area contributed by atoms with Crippen LogP contribution in [0.2, 0.25) is 0 Å². The molecule has 0 heterocycles. The van der Waals surface area contributed by atoms with E-state index in [0.29, 0.717) is 6.61 Å². The third-order valence-electron chi connectivity index (χ3n) is 1.44. The number of halogens is 1. The second kappa shape index (κ2) is 4.54. The van der Waals surface area contributed by atoms with Crippen LogP contribution in [-0.4, -0.2) is 13.7 Å². The zero-order valence-corrected chi connectivity index (χ0v) is 9.29. The van der Waals surface area contributed by atoms with E-state index < -0.39 is 0 Å². The fourth-order valence-electron chi connectivity index (χ4n) is 0.877. The number of hydrogen-bond donors (Lipinski definition) is 0. The molecule has 1 aromatic rings. The molecule has 0 saturated carbocycles. The van der Waals surface area contributed by atoms with E-state index in [-0.39, 0.29) is 0 Å². The predicted molar refractivity (Wildman–Crippen MR) is 56.9 cm³/mol. The maximum Gasteiger partial charge on any atom is 0.136 e. The van der Waals surface area contributed by atoms with Crippen LogP contribution >= 0.6 is 22.6 Å². The fraction of sp³-hybridized carbons (Fsp3) is 0.333. The molecular weight excluding hydrogens is 267 g/mol. The van der Waals surface area contributed by atoms with Crippen LogP contribution in [0.5, 0.6) is 11.5 Å². The molecule has 0 aromatic heterocycles. The molecule has 0 saturated heterocycles. The first-order valence-corrected chi connectivity index (χ1v) is 4.82. The molecule has 1 aromatic carbocycles. The minimum atomic E-state index is 0.684. The van der Waals surface area contributed by atoms with Crippen molar-refractivity contribution in [1.29, 1.82) is 0 Å². The Bertz CT molecular complexity index is 261. The quantitative estimate of drug-likeness (QED) is 0.791. The van der Waals surface area contributed by atoms with Crippen LogP contribution in [0.15, 0.2) is 18.2 Å². The molecule has 12 heavy (non-hydrogen) atoms. The zero-order chi connectivity index (χ0) is 8.97. The van der Waals surface area contributed by atoms with Gasteiger partial charge in [-0.1, -0.05) is 0 Å². The Labute approximate surface area is 86.0 Å². The summed E-state index contributed by atoms with van der Waals surface area (Å²) in [6.07, 6.45) is 0. The Morgan fingerprint density at radius 2 is 2.17 bits per heavy atom. The van der Waals surface area contributed by atoms with E-state index in [1.54, 1.807) is 7.11 Å². The fourth-order valence-corrected chi connectivity index (χ4v) is 1.37. The average Bonchev–Trinajstić information content (AvgIpc) is 2.09. The summed E-state index contributed by atoms with van der Waals surface area (Å²) in [6.45, 7) is 2.65. The number of benzene rings is 1. The SMILES string of the molecule is CCOc1cc(OC)ccc1I. The first-order valence-electron chi connectivity index (χ1n) is 3.74. The molecule has 0 spiro atoms. The van der Waals surface area contributed by atoms with Crippen molar-refractivity contribution in [1.82, 2.24) is 0 Å². The lowest BCUT2D eigenvalue weighted by Crippen LogP contribution is -1.94. The maximum atomic E-state index is 5.39. The number of ether oxygens (including phenoxy) is 2. The van der Waals surface area contributed by atoms with Crippen molar-refractivity contribution < 1.29 is 9.47 Å². The molecule has 0 aliphatic carbocycles.